The van der Waals surface area contributed by atoms with E-state index in [0.29, 0.717) is 12.5 Å². The Kier molecular flexibility index (Phi) is 8.43. The van der Waals surface area contributed by atoms with Crippen molar-refractivity contribution in [3.63, 3.8) is 0 Å². The summed E-state index contributed by atoms with van der Waals surface area (Å²) in [5.74, 6) is 0.0850. The zero-order valence-corrected chi connectivity index (χ0v) is 18.8. The van der Waals surface area contributed by atoms with Gasteiger partial charge in [0, 0.05) is 23.0 Å². The number of halogens is 2. The lowest BCUT2D eigenvalue weighted by Crippen LogP contribution is -2.10. The van der Waals surface area contributed by atoms with E-state index in [0.717, 1.165) is 40.7 Å². The van der Waals surface area contributed by atoms with Gasteiger partial charge in [-0.15, -0.1) is 6.58 Å². The summed E-state index contributed by atoms with van der Waals surface area (Å²) in [6, 6.07) is 6.74. The summed E-state index contributed by atoms with van der Waals surface area (Å²) < 4.78 is 19.0. The van der Waals surface area contributed by atoms with Gasteiger partial charge in [0.05, 0.1) is 18.6 Å². The summed E-state index contributed by atoms with van der Waals surface area (Å²) in [6.07, 6.45) is 5.55. The summed E-state index contributed by atoms with van der Waals surface area (Å²) in [5, 5.41) is 0.719. The molecule has 2 aromatic rings. The average Bonchev–Trinajstić information content (AvgIpc) is 2.88. The average molecular weight is 446 g/mol. The molecule has 2 heterocycles. The molecule has 1 aromatic heterocycles. The molecule has 0 saturated heterocycles. The molecule has 150 valence electrons. The van der Waals surface area contributed by atoms with Gasteiger partial charge in [0.15, 0.2) is 0 Å². The van der Waals surface area contributed by atoms with Gasteiger partial charge in [-0.1, -0.05) is 54.9 Å². The second-order valence-corrected chi connectivity index (χ2v) is 7.65. The Morgan fingerprint density at radius 1 is 1.29 bits per heavy atom. The number of alkyl halides is 1. The molecular formula is C24H29BrFNO. The predicted octanol–water partition coefficient (Wildman–Crippen LogP) is 7.42. The highest BCUT2D eigenvalue weighted by molar-refractivity contribution is 9.08. The topological polar surface area (TPSA) is 22.1 Å². The van der Waals surface area contributed by atoms with Crippen molar-refractivity contribution in [1.82, 2.24) is 4.98 Å². The van der Waals surface area contributed by atoms with Gasteiger partial charge in [0.1, 0.15) is 5.82 Å². The zero-order chi connectivity index (χ0) is 20.7. The number of ether oxygens (including phenoxy) is 1. The van der Waals surface area contributed by atoms with Crippen molar-refractivity contribution in [2.24, 2.45) is 0 Å². The number of rotatable bonds is 4. The molecule has 0 atom stereocenters. The molecule has 0 spiro atoms. The number of benzene rings is 1. The van der Waals surface area contributed by atoms with Crippen LogP contribution in [-0.2, 0) is 16.5 Å². The Labute approximate surface area is 176 Å². The lowest BCUT2D eigenvalue weighted by molar-refractivity contribution is 0.257. The summed E-state index contributed by atoms with van der Waals surface area (Å²) in [5.41, 5.74) is 7.69. The molecule has 0 bridgehead atoms. The van der Waals surface area contributed by atoms with E-state index in [1.165, 1.54) is 28.8 Å². The number of hydrogen-bond acceptors (Lipinski definition) is 2. The van der Waals surface area contributed by atoms with E-state index in [2.05, 4.69) is 43.3 Å². The van der Waals surface area contributed by atoms with Crippen molar-refractivity contribution in [2.45, 2.75) is 51.8 Å². The first kappa shape index (κ1) is 22.4. The van der Waals surface area contributed by atoms with E-state index < -0.39 is 0 Å². The maximum Gasteiger partial charge on any atom is 0.123 e. The van der Waals surface area contributed by atoms with Crippen LogP contribution in [0.25, 0.3) is 16.7 Å². The van der Waals surface area contributed by atoms with E-state index in [4.69, 9.17) is 9.72 Å². The van der Waals surface area contributed by atoms with Gasteiger partial charge in [-0.25, -0.2) is 4.39 Å². The molecule has 0 amide bonds. The van der Waals surface area contributed by atoms with E-state index in [1.807, 2.05) is 25.1 Å². The highest BCUT2D eigenvalue weighted by atomic mass is 79.9. The van der Waals surface area contributed by atoms with Gasteiger partial charge in [0.25, 0.3) is 0 Å². The SMILES string of the molecule is C=CCC.CC1=COCCc2c1nc(C(C)C)c(CBr)c2-c1ccc(F)cc1. The Morgan fingerprint density at radius 2 is 1.93 bits per heavy atom. The van der Waals surface area contributed by atoms with Gasteiger partial charge >= 0.3 is 0 Å². The minimum absolute atomic E-state index is 0.220. The molecular weight excluding hydrogens is 417 g/mol. The number of nitrogens with zero attached hydrogens (tertiary/aromatic N) is 1. The third-order valence-electron chi connectivity index (χ3n) is 4.64. The summed E-state index contributed by atoms with van der Waals surface area (Å²) in [7, 11) is 0. The Morgan fingerprint density at radius 3 is 2.46 bits per heavy atom. The normalized spacial score (nSPS) is 12.9. The van der Waals surface area contributed by atoms with Gasteiger partial charge in [-0.3, -0.25) is 4.98 Å². The molecule has 1 aromatic carbocycles. The first-order chi connectivity index (χ1) is 13.4. The molecule has 2 nitrogen and oxygen atoms in total. The molecule has 1 aliphatic heterocycles. The van der Waals surface area contributed by atoms with Crippen molar-refractivity contribution >= 4 is 21.5 Å². The molecule has 3 rings (SSSR count). The van der Waals surface area contributed by atoms with Crippen LogP contribution in [0, 0.1) is 5.82 Å². The van der Waals surface area contributed by atoms with Gasteiger partial charge in [-0.05, 0) is 53.6 Å². The van der Waals surface area contributed by atoms with Crippen LogP contribution in [-0.4, -0.2) is 11.6 Å². The van der Waals surface area contributed by atoms with Crippen LogP contribution in [0.3, 0.4) is 0 Å². The van der Waals surface area contributed by atoms with E-state index in [9.17, 15) is 4.39 Å². The minimum Gasteiger partial charge on any atom is -0.500 e. The first-order valence-electron chi connectivity index (χ1n) is 9.71. The predicted molar refractivity (Wildman–Crippen MR) is 120 cm³/mol. The molecule has 1 aliphatic rings. The fourth-order valence-corrected chi connectivity index (χ4v) is 3.80. The third-order valence-corrected chi connectivity index (χ3v) is 5.20. The minimum atomic E-state index is -0.220. The van der Waals surface area contributed by atoms with Crippen LogP contribution >= 0.6 is 15.9 Å². The van der Waals surface area contributed by atoms with Crippen LogP contribution < -0.4 is 0 Å². The molecule has 0 saturated carbocycles. The Balaban J connectivity index is 0.000000640. The van der Waals surface area contributed by atoms with Crippen molar-refractivity contribution in [2.75, 3.05) is 6.61 Å². The summed E-state index contributed by atoms with van der Waals surface area (Å²) >= 11 is 3.64. The van der Waals surface area contributed by atoms with Crippen LogP contribution in [0.1, 0.15) is 62.5 Å². The van der Waals surface area contributed by atoms with E-state index in [-0.39, 0.29) is 5.82 Å². The summed E-state index contributed by atoms with van der Waals surface area (Å²) in [4.78, 5) is 4.98. The smallest absolute Gasteiger partial charge is 0.123 e. The van der Waals surface area contributed by atoms with Crippen LogP contribution in [0.15, 0.2) is 43.2 Å². The monoisotopic (exact) mass is 445 g/mol. The van der Waals surface area contributed by atoms with Crippen LogP contribution in [0.4, 0.5) is 4.39 Å². The fraction of sp³-hybridized carbons (Fsp3) is 0.375. The van der Waals surface area contributed by atoms with Crippen molar-refractivity contribution in [3.8, 4) is 11.1 Å². The van der Waals surface area contributed by atoms with E-state index in [1.54, 1.807) is 6.26 Å². The molecule has 0 radical (unpaired) electrons. The highest BCUT2D eigenvalue weighted by Crippen LogP contribution is 2.38. The Hall–Kier alpha value is -1.94. The molecule has 0 N–H and O–H groups in total. The standard InChI is InChI=1S/C20H21BrFNO.C4H8/c1-12(2)19-17(10-21)18(14-4-6-15(22)7-5-14)16-8-9-24-11-13(3)20(16)23-19;1-3-4-2/h4-7,11-12H,8-10H2,1-3H3;3H,1,4H2,2H3. The number of pyridine rings is 1. The highest BCUT2D eigenvalue weighted by Gasteiger charge is 2.23. The molecule has 4 heteroatoms. The van der Waals surface area contributed by atoms with Crippen molar-refractivity contribution in [1.29, 1.82) is 0 Å². The van der Waals surface area contributed by atoms with Crippen molar-refractivity contribution < 1.29 is 9.13 Å². The molecule has 0 unspecified atom stereocenters. The lowest BCUT2D eigenvalue weighted by atomic mass is 9.88. The second kappa shape index (κ2) is 10.6. The quantitative estimate of drug-likeness (QED) is 0.360. The molecule has 0 fully saturated rings. The van der Waals surface area contributed by atoms with Gasteiger partial charge in [0.2, 0.25) is 0 Å². The van der Waals surface area contributed by atoms with E-state index >= 15 is 0 Å². The third kappa shape index (κ3) is 5.11. The zero-order valence-electron chi connectivity index (χ0n) is 17.2. The summed E-state index contributed by atoms with van der Waals surface area (Å²) in [6.45, 7) is 12.5. The molecule has 0 aliphatic carbocycles. The van der Waals surface area contributed by atoms with Gasteiger partial charge < -0.3 is 4.74 Å². The maximum atomic E-state index is 13.4. The lowest BCUT2D eigenvalue weighted by Gasteiger charge is -2.21. The van der Waals surface area contributed by atoms with Crippen LogP contribution in [0.5, 0.6) is 0 Å². The largest absolute Gasteiger partial charge is 0.500 e. The van der Waals surface area contributed by atoms with Crippen molar-refractivity contribution in [3.05, 3.63) is 71.5 Å². The second-order valence-electron chi connectivity index (χ2n) is 7.09. The number of hydrogen-bond donors (Lipinski definition) is 0. The Bertz CT molecular complexity index is 841. The number of aromatic nitrogens is 1. The first-order valence-corrected chi connectivity index (χ1v) is 10.8. The number of fused-ring (bicyclic) bond motifs is 1. The van der Waals surface area contributed by atoms with Crippen LogP contribution in [0.2, 0.25) is 0 Å². The fourth-order valence-electron chi connectivity index (χ4n) is 3.23. The number of allylic oxidation sites excluding steroid dienone is 2. The molecule has 28 heavy (non-hydrogen) atoms. The van der Waals surface area contributed by atoms with Gasteiger partial charge in [-0.2, -0.15) is 0 Å². The maximum absolute atomic E-state index is 13.4.